The molecule has 0 atom stereocenters. The Morgan fingerprint density at radius 1 is 1.50 bits per heavy atom. The Morgan fingerprint density at radius 2 is 2.21 bits per heavy atom. The van der Waals surface area contributed by atoms with Crippen LogP contribution >= 0.6 is 0 Å². The van der Waals surface area contributed by atoms with Crippen LogP contribution in [0.2, 0.25) is 0 Å². The maximum atomic E-state index is 12.5. The third-order valence-corrected chi connectivity index (χ3v) is 1.88. The van der Waals surface area contributed by atoms with Gasteiger partial charge in [-0.25, -0.2) is 8.78 Å². The molecule has 0 aromatic heterocycles. The van der Waals surface area contributed by atoms with E-state index in [0.29, 0.717) is 5.75 Å². The summed E-state index contributed by atoms with van der Waals surface area (Å²) in [5, 5.41) is 8.50. The first-order valence-electron chi connectivity index (χ1n) is 4.01. The Hall–Kier alpha value is -1.63. The molecule has 0 aliphatic carbocycles. The summed E-state index contributed by atoms with van der Waals surface area (Å²) >= 11 is 0. The molecule has 1 aromatic rings. The van der Waals surface area contributed by atoms with Crippen molar-refractivity contribution >= 4 is 0 Å². The average molecular weight is 197 g/mol. The van der Waals surface area contributed by atoms with Crippen molar-refractivity contribution in [1.82, 2.24) is 0 Å². The summed E-state index contributed by atoms with van der Waals surface area (Å²) in [7, 11) is 1.39. The number of alkyl halides is 2. The largest absolute Gasteiger partial charge is 0.496 e. The van der Waals surface area contributed by atoms with Gasteiger partial charge >= 0.3 is 0 Å². The van der Waals surface area contributed by atoms with Crippen molar-refractivity contribution in [3.05, 3.63) is 29.3 Å². The Kier molecular flexibility index (Phi) is 3.41. The molecule has 0 radical (unpaired) electrons. The van der Waals surface area contributed by atoms with E-state index in [1.54, 1.807) is 6.07 Å². The second-order valence-corrected chi connectivity index (χ2v) is 2.66. The smallest absolute Gasteiger partial charge is 0.264 e. The lowest BCUT2D eigenvalue weighted by Crippen LogP contribution is -1.97. The monoisotopic (exact) mass is 197 g/mol. The molecule has 74 valence electrons. The SMILES string of the molecule is COc1cccc(C(F)F)c1CC#N. The number of nitrogens with zero attached hydrogens (tertiary/aromatic N) is 1. The van der Waals surface area contributed by atoms with Crippen molar-refractivity contribution < 1.29 is 13.5 Å². The molecule has 14 heavy (non-hydrogen) atoms. The molecule has 0 heterocycles. The highest BCUT2D eigenvalue weighted by Gasteiger charge is 2.15. The molecule has 0 saturated heterocycles. The van der Waals surface area contributed by atoms with Gasteiger partial charge in [0.1, 0.15) is 5.75 Å². The van der Waals surface area contributed by atoms with Crippen molar-refractivity contribution in [3.8, 4) is 11.8 Å². The number of hydrogen-bond acceptors (Lipinski definition) is 2. The zero-order valence-electron chi connectivity index (χ0n) is 7.63. The maximum absolute atomic E-state index is 12.5. The highest BCUT2D eigenvalue weighted by Crippen LogP contribution is 2.29. The number of hydrogen-bond donors (Lipinski definition) is 0. The number of ether oxygens (including phenoxy) is 1. The second kappa shape index (κ2) is 4.56. The fourth-order valence-corrected chi connectivity index (χ4v) is 1.25. The summed E-state index contributed by atoms with van der Waals surface area (Å²) in [5.41, 5.74) is 0.137. The third-order valence-electron chi connectivity index (χ3n) is 1.88. The molecule has 0 N–H and O–H groups in total. The minimum absolute atomic E-state index is 0.0658. The number of halogens is 2. The van der Waals surface area contributed by atoms with Crippen molar-refractivity contribution in [2.45, 2.75) is 12.8 Å². The quantitative estimate of drug-likeness (QED) is 0.746. The molecule has 4 heteroatoms. The van der Waals surface area contributed by atoms with Crippen LogP contribution in [0.25, 0.3) is 0 Å². The fourth-order valence-electron chi connectivity index (χ4n) is 1.25. The van der Waals surface area contributed by atoms with Crippen LogP contribution in [0.1, 0.15) is 17.6 Å². The van der Waals surface area contributed by atoms with Gasteiger partial charge in [-0.3, -0.25) is 0 Å². The first-order valence-corrected chi connectivity index (χ1v) is 4.01. The number of rotatable bonds is 3. The van der Waals surface area contributed by atoms with Gasteiger partial charge in [0.05, 0.1) is 19.6 Å². The molecule has 0 bridgehead atoms. The average Bonchev–Trinajstić information content (AvgIpc) is 2.18. The second-order valence-electron chi connectivity index (χ2n) is 2.66. The number of benzene rings is 1. The maximum Gasteiger partial charge on any atom is 0.264 e. The van der Waals surface area contributed by atoms with Crippen molar-refractivity contribution in [2.24, 2.45) is 0 Å². The van der Waals surface area contributed by atoms with Crippen molar-refractivity contribution in [3.63, 3.8) is 0 Å². The number of nitriles is 1. The molecule has 2 nitrogen and oxygen atoms in total. The normalized spacial score (nSPS) is 9.93. The van der Waals surface area contributed by atoms with Gasteiger partial charge in [-0.2, -0.15) is 5.26 Å². The van der Waals surface area contributed by atoms with Gasteiger partial charge in [-0.05, 0) is 6.07 Å². The van der Waals surface area contributed by atoms with Crippen LogP contribution in [0.3, 0.4) is 0 Å². The zero-order valence-corrected chi connectivity index (χ0v) is 7.63. The summed E-state index contributed by atoms with van der Waals surface area (Å²) in [5.74, 6) is 0.337. The van der Waals surface area contributed by atoms with Crippen LogP contribution in [0.15, 0.2) is 18.2 Å². The van der Waals surface area contributed by atoms with Gasteiger partial charge in [0.25, 0.3) is 6.43 Å². The molecule has 0 amide bonds. The van der Waals surface area contributed by atoms with E-state index in [9.17, 15) is 8.78 Å². The molecule has 0 aliphatic rings. The van der Waals surface area contributed by atoms with E-state index < -0.39 is 6.43 Å². The molecule has 0 aliphatic heterocycles. The van der Waals surface area contributed by atoms with Gasteiger partial charge in [0, 0.05) is 11.1 Å². The standard InChI is InChI=1S/C10H9F2NO/c1-14-9-4-2-3-8(10(11)12)7(9)5-6-13/h2-4,10H,5H2,1H3. The summed E-state index contributed by atoms with van der Waals surface area (Å²) < 4.78 is 29.9. The van der Waals surface area contributed by atoms with Crippen LogP contribution in [0, 0.1) is 11.3 Å². The molecule has 1 aromatic carbocycles. The van der Waals surface area contributed by atoms with Crippen LogP contribution in [0.4, 0.5) is 8.78 Å². The van der Waals surface area contributed by atoms with Crippen LogP contribution in [0.5, 0.6) is 5.75 Å². The van der Waals surface area contributed by atoms with Crippen molar-refractivity contribution in [1.29, 1.82) is 5.26 Å². The predicted octanol–water partition coefficient (Wildman–Crippen LogP) is 2.70. The summed E-state index contributed by atoms with van der Waals surface area (Å²) in [6.45, 7) is 0. The van der Waals surface area contributed by atoms with Gasteiger partial charge in [-0.1, -0.05) is 12.1 Å². The van der Waals surface area contributed by atoms with Gasteiger partial charge in [0.2, 0.25) is 0 Å². The molecule has 0 spiro atoms. The Balaban J connectivity index is 3.22. The Morgan fingerprint density at radius 3 is 2.71 bits per heavy atom. The van der Waals surface area contributed by atoms with Gasteiger partial charge < -0.3 is 4.74 Å². The molecule has 1 rings (SSSR count). The molecule has 0 unspecified atom stereocenters. The van der Waals surface area contributed by atoms with E-state index in [0.717, 1.165) is 0 Å². The van der Waals surface area contributed by atoms with E-state index in [-0.39, 0.29) is 17.5 Å². The summed E-state index contributed by atoms with van der Waals surface area (Å²) in [4.78, 5) is 0. The fraction of sp³-hybridized carbons (Fsp3) is 0.300. The molecular weight excluding hydrogens is 188 g/mol. The summed E-state index contributed by atoms with van der Waals surface area (Å²) in [6, 6.07) is 6.20. The lowest BCUT2D eigenvalue weighted by molar-refractivity contribution is 0.150. The summed E-state index contributed by atoms with van der Waals surface area (Å²) in [6.07, 6.45) is -2.64. The first kappa shape index (κ1) is 10.5. The zero-order chi connectivity index (χ0) is 10.6. The van der Waals surface area contributed by atoms with Gasteiger partial charge in [-0.15, -0.1) is 0 Å². The molecule has 0 fully saturated rings. The van der Waals surface area contributed by atoms with Crippen LogP contribution in [-0.4, -0.2) is 7.11 Å². The van der Waals surface area contributed by atoms with E-state index >= 15 is 0 Å². The minimum Gasteiger partial charge on any atom is -0.496 e. The van der Waals surface area contributed by atoms with E-state index in [2.05, 4.69) is 0 Å². The van der Waals surface area contributed by atoms with Crippen molar-refractivity contribution in [2.75, 3.05) is 7.11 Å². The van der Waals surface area contributed by atoms with Crippen LogP contribution in [-0.2, 0) is 6.42 Å². The Bertz CT molecular complexity index is 358. The first-order chi connectivity index (χ1) is 6.70. The topological polar surface area (TPSA) is 33.0 Å². The van der Waals surface area contributed by atoms with Gasteiger partial charge in [0.15, 0.2) is 0 Å². The molecular formula is C10H9F2NO. The Labute approximate surface area is 80.7 Å². The molecule has 0 saturated carbocycles. The van der Waals surface area contributed by atoms with E-state index in [1.165, 1.54) is 19.2 Å². The third kappa shape index (κ3) is 1.99. The minimum atomic E-state index is -2.58. The van der Waals surface area contributed by atoms with E-state index in [1.807, 2.05) is 6.07 Å². The number of methoxy groups -OCH3 is 1. The predicted molar refractivity (Wildman–Crippen MR) is 47.3 cm³/mol. The lowest BCUT2D eigenvalue weighted by atomic mass is 10.0. The highest BCUT2D eigenvalue weighted by molar-refractivity contribution is 5.42. The highest BCUT2D eigenvalue weighted by atomic mass is 19.3. The van der Waals surface area contributed by atoms with E-state index in [4.69, 9.17) is 10.00 Å². The van der Waals surface area contributed by atoms with Crippen LogP contribution < -0.4 is 4.74 Å². The lowest BCUT2D eigenvalue weighted by Gasteiger charge is -2.10.